The standard InChI is InChI=1S/C27H24N4O4/c1-17-23(15-29-25(32)21-13-19-5-2-3-7-24(19)34-16-21)31-27(35-17)18-8-10-22(11-9-18)30-26(33)20-6-4-12-28-14-20/h2-12,14,21H,13,15-16H2,1H3,(H,29,32)(H,30,33). The maximum Gasteiger partial charge on any atom is 0.257 e. The molecule has 1 aliphatic heterocycles. The van der Waals surface area contributed by atoms with Crippen LogP contribution in [0.25, 0.3) is 11.5 Å². The quantitative estimate of drug-likeness (QED) is 0.440. The van der Waals surface area contributed by atoms with Crippen LogP contribution in [-0.4, -0.2) is 28.4 Å². The summed E-state index contributed by atoms with van der Waals surface area (Å²) in [6.45, 7) is 2.45. The summed E-state index contributed by atoms with van der Waals surface area (Å²) in [7, 11) is 0. The van der Waals surface area contributed by atoms with Gasteiger partial charge in [-0.1, -0.05) is 18.2 Å². The van der Waals surface area contributed by atoms with Crippen molar-refractivity contribution in [1.82, 2.24) is 15.3 Å². The molecular formula is C27H24N4O4. The molecule has 2 aromatic carbocycles. The fourth-order valence-corrected chi connectivity index (χ4v) is 3.92. The van der Waals surface area contributed by atoms with E-state index in [0.29, 0.717) is 41.6 Å². The Morgan fingerprint density at radius 3 is 2.69 bits per heavy atom. The van der Waals surface area contributed by atoms with Gasteiger partial charge < -0.3 is 19.8 Å². The molecule has 0 fully saturated rings. The molecule has 1 aliphatic rings. The smallest absolute Gasteiger partial charge is 0.257 e. The van der Waals surface area contributed by atoms with Crippen LogP contribution in [0.4, 0.5) is 5.69 Å². The average Bonchev–Trinajstić information content (AvgIpc) is 3.28. The Kier molecular flexibility index (Phi) is 6.26. The number of para-hydroxylation sites is 1. The van der Waals surface area contributed by atoms with Gasteiger partial charge in [-0.3, -0.25) is 14.6 Å². The van der Waals surface area contributed by atoms with Gasteiger partial charge in [-0.25, -0.2) is 4.98 Å². The molecule has 0 bridgehead atoms. The number of oxazole rings is 1. The number of carbonyl (C=O) groups is 2. The predicted molar refractivity (Wildman–Crippen MR) is 130 cm³/mol. The Morgan fingerprint density at radius 2 is 1.89 bits per heavy atom. The van der Waals surface area contributed by atoms with Crippen molar-refractivity contribution in [1.29, 1.82) is 0 Å². The van der Waals surface area contributed by atoms with Crippen LogP contribution >= 0.6 is 0 Å². The van der Waals surface area contributed by atoms with Gasteiger partial charge in [-0.15, -0.1) is 0 Å². The van der Waals surface area contributed by atoms with E-state index in [2.05, 4.69) is 20.6 Å². The molecule has 0 radical (unpaired) electrons. The molecular weight excluding hydrogens is 444 g/mol. The summed E-state index contributed by atoms with van der Waals surface area (Å²) in [5.41, 5.74) is 3.60. The van der Waals surface area contributed by atoms with Crippen molar-refractivity contribution >= 4 is 17.5 Å². The summed E-state index contributed by atoms with van der Waals surface area (Å²) in [5, 5.41) is 5.79. The van der Waals surface area contributed by atoms with Crippen LogP contribution in [0.1, 0.15) is 27.4 Å². The summed E-state index contributed by atoms with van der Waals surface area (Å²) in [4.78, 5) is 33.5. The van der Waals surface area contributed by atoms with E-state index in [0.717, 1.165) is 16.9 Å². The third-order valence-electron chi connectivity index (χ3n) is 5.89. The molecule has 176 valence electrons. The van der Waals surface area contributed by atoms with Gasteiger partial charge >= 0.3 is 0 Å². The fourth-order valence-electron chi connectivity index (χ4n) is 3.92. The summed E-state index contributed by atoms with van der Waals surface area (Å²) < 4.78 is 11.6. The number of aryl methyl sites for hydroxylation is 1. The zero-order chi connectivity index (χ0) is 24.2. The summed E-state index contributed by atoms with van der Waals surface area (Å²) >= 11 is 0. The lowest BCUT2D eigenvalue weighted by atomic mass is 9.96. The van der Waals surface area contributed by atoms with E-state index in [4.69, 9.17) is 9.15 Å². The maximum atomic E-state index is 12.7. The van der Waals surface area contributed by atoms with Gasteiger partial charge in [-0.2, -0.15) is 0 Å². The predicted octanol–water partition coefficient (Wildman–Crippen LogP) is 4.16. The molecule has 5 rings (SSSR count). The lowest BCUT2D eigenvalue weighted by Gasteiger charge is -2.24. The van der Waals surface area contributed by atoms with Crippen molar-refractivity contribution in [2.45, 2.75) is 19.9 Å². The molecule has 0 saturated heterocycles. The van der Waals surface area contributed by atoms with Gasteiger partial charge in [0.05, 0.1) is 18.0 Å². The normalized spacial score (nSPS) is 14.5. The van der Waals surface area contributed by atoms with Gasteiger partial charge in [0, 0.05) is 23.6 Å². The summed E-state index contributed by atoms with van der Waals surface area (Å²) in [6, 6.07) is 18.4. The van der Waals surface area contributed by atoms with Crippen molar-refractivity contribution in [2.75, 3.05) is 11.9 Å². The Balaban J connectivity index is 1.19. The van der Waals surface area contributed by atoms with Crippen LogP contribution in [0.15, 0.2) is 77.5 Å². The Hall–Kier alpha value is -4.46. The number of rotatable bonds is 6. The molecule has 0 saturated carbocycles. The number of hydrogen-bond donors (Lipinski definition) is 2. The monoisotopic (exact) mass is 468 g/mol. The molecule has 0 spiro atoms. The van der Waals surface area contributed by atoms with Crippen molar-refractivity contribution in [3.63, 3.8) is 0 Å². The number of benzene rings is 2. The SMILES string of the molecule is Cc1oc(-c2ccc(NC(=O)c3cccnc3)cc2)nc1CNC(=O)C1COc2ccccc2C1. The number of hydrogen-bond acceptors (Lipinski definition) is 6. The molecule has 2 amide bonds. The first kappa shape index (κ1) is 22.3. The second-order valence-corrected chi connectivity index (χ2v) is 8.33. The number of nitrogens with one attached hydrogen (secondary N) is 2. The highest BCUT2D eigenvalue weighted by Gasteiger charge is 2.26. The molecule has 8 heteroatoms. The second-order valence-electron chi connectivity index (χ2n) is 8.33. The van der Waals surface area contributed by atoms with E-state index in [-0.39, 0.29) is 24.3 Å². The number of aromatic nitrogens is 2. The molecule has 35 heavy (non-hydrogen) atoms. The minimum absolute atomic E-state index is 0.0721. The van der Waals surface area contributed by atoms with Gasteiger partial charge in [0.25, 0.3) is 5.91 Å². The zero-order valence-corrected chi connectivity index (χ0v) is 19.2. The van der Waals surface area contributed by atoms with Crippen LogP contribution in [0.3, 0.4) is 0 Å². The molecule has 8 nitrogen and oxygen atoms in total. The number of anilines is 1. The molecule has 3 heterocycles. The first-order valence-electron chi connectivity index (χ1n) is 11.3. The largest absolute Gasteiger partial charge is 0.492 e. The molecule has 1 unspecified atom stereocenters. The van der Waals surface area contributed by atoms with E-state index in [9.17, 15) is 9.59 Å². The average molecular weight is 469 g/mol. The Bertz CT molecular complexity index is 1350. The Morgan fingerprint density at radius 1 is 1.06 bits per heavy atom. The topological polar surface area (TPSA) is 106 Å². The molecule has 4 aromatic rings. The first-order valence-corrected chi connectivity index (χ1v) is 11.3. The van der Waals surface area contributed by atoms with E-state index in [1.54, 1.807) is 30.5 Å². The van der Waals surface area contributed by atoms with E-state index >= 15 is 0 Å². The third kappa shape index (κ3) is 5.06. The number of pyridine rings is 1. The van der Waals surface area contributed by atoms with E-state index < -0.39 is 0 Å². The maximum absolute atomic E-state index is 12.7. The highest BCUT2D eigenvalue weighted by Crippen LogP contribution is 2.27. The van der Waals surface area contributed by atoms with Gasteiger partial charge in [0.1, 0.15) is 23.8 Å². The molecule has 2 N–H and O–H groups in total. The summed E-state index contributed by atoms with van der Waals surface area (Å²) in [5.74, 6) is 1.38. The van der Waals surface area contributed by atoms with Crippen LogP contribution < -0.4 is 15.4 Å². The van der Waals surface area contributed by atoms with Gasteiger partial charge in [0.2, 0.25) is 11.8 Å². The zero-order valence-electron chi connectivity index (χ0n) is 19.2. The number of nitrogens with zero attached hydrogens (tertiary/aromatic N) is 2. The van der Waals surface area contributed by atoms with Crippen LogP contribution in [0.2, 0.25) is 0 Å². The van der Waals surface area contributed by atoms with Gasteiger partial charge in [0.15, 0.2) is 0 Å². The number of ether oxygens (including phenoxy) is 1. The lowest BCUT2D eigenvalue weighted by molar-refractivity contribution is -0.126. The van der Waals surface area contributed by atoms with Crippen molar-refractivity contribution < 1.29 is 18.7 Å². The lowest BCUT2D eigenvalue weighted by Crippen LogP contribution is -2.37. The number of carbonyl (C=O) groups excluding carboxylic acids is 2. The third-order valence-corrected chi connectivity index (χ3v) is 5.89. The van der Waals surface area contributed by atoms with Crippen molar-refractivity contribution in [3.05, 3.63) is 95.6 Å². The van der Waals surface area contributed by atoms with E-state index in [1.807, 2.05) is 43.3 Å². The molecule has 2 aromatic heterocycles. The van der Waals surface area contributed by atoms with Gasteiger partial charge in [-0.05, 0) is 61.4 Å². The van der Waals surface area contributed by atoms with Crippen molar-refractivity contribution in [3.8, 4) is 17.2 Å². The highest BCUT2D eigenvalue weighted by atomic mass is 16.5. The first-order chi connectivity index (χ1) is 17.1. The fraction of sp³-hybridized carbons (Fsp3) is 0.185. The minimum Gasteiger partial charge on any atom is -0.492 e. The van der Waals surface area contributed by atoms with E-state index in [1.165, 1.54) is 6.20 Å². The summed E-state index contributed by atoms with van der Waals surface area (Å²) in [6.07, 6.45) is 3.78. The second kappa shape index (κ2) is 9.80. The van der Waals surface area contributed by atoms with Crippen molar-refractivity contribution in [2.24, 2.45) is 5.92 Å². The van der Waals surface area contributed by atoms with Crippen LogP contribution in [-0.2, 0) is 17.8 Å². The Labute approximate surface area is 202 Å². The molecule has 0 aliphatic carbocycles. The number of amides is 2. The number of fused-ring (bicyclic) bond motifs is 1. The minimum atomic E-state index is -0.244. The van der Waals surface area contributed by atoms with Crippen LogP contribution in [0.5, 0.6) is 5.75 Å². The van der Waals surface area contributed by atoms with Crippen LogP contribution in [0, 0.1) is 12.8 Å². The highest BCUT2D eigenvalue weighted by molar-refractivity contribution is 6.04. The molecule has 1 atom stereocenters.